The number of benzene rings is 2. The molecule has 1 aromatic heterocycles. The van der Waals surface area contributed by atoms with E-state index in [9.17, 15) is 14.4 Å². The number of aryl methyl sites for hydroxylation is 1. The van der Waals surface area contributed by atoms with Gasteiger partial charge in [-0.3, -0.25) is 14.5 Å². The van der Waals surface area contributed by atoms with Gasteiger partial charge in [-0.15, -0.1) is 11.3 Å². The van der Waals surface area contributed by atoms with Crippen LogP contribution in [0.5, 0.6) is 0 Å². The van der Waals surface area contributed by atoms with Crippen molar-refractivity contribution >= 4 is 29.2 Å². The fourth-order valence-corrected chi connectivity index (χ4v) is 5.48. The number of nitrogens with zero attached hydrogens (tertiary/aromatic N) is 2. The van der Waals surface area contributed by atoms with Gasteiger partial charge in [-0.2, -0.15) is 0 Å². The van der Waals surface area contributed by atoms with Gasteiger partial charge in [0, 0.05) is 11.4 Å². The molecule has 7 heteroatoms. The summed E-state index contributed by atoms with van der Waals surface area (Å²) in [5, 5.41) is 4.88. The predicted molar refractivity (Wildman–Crippen MR) is 127 cm³/mol. The third kappa shape index (κ3) is 4.04. The SMILES string of the molecule is O=C(CN1C(=O)N[C@]2(CCc3ccccc32)C1=O)N(CCc1ccccc1)Cc1cccs1. The van der Waals surface area contributed by atoms with Crippen LogP contribution in [-0.4, -0.2) is 40.7 Å². The molecular formula is C26H25N3O3S. The molecule has 2 heterocycles. The summed E-state index contributed by atoms with van der Waals surface area (Å²) in [5.74, 6) is -0.559. The number of nitrogens with one attached hydrogen (secondary N) is 1. The summed E-state index contributed by atoms with van der Waals surface area (Å²) in [7, 11) is 0. The van der Waals surface area contributed by atoms with Crippen molar-refractivity contribution in [2.24, 2.45) is 0 Å². The smallest absolute Gasteiger partial charge is 0.325 e. The molecule has 1 aliphatic heterocycles. The van der Waals surface area contributed by atoms with Gasteiger partial charge in [0.15, 0.2) is 0 Å². The van der Waals surface area contributed by atoms with E-state index in [2.05, 4.69) is 5.32 Å². The largest absolute Gasteiger partial charge is 0.336 e. The molecular weight excluding hydrogens is 434 g/mol. The fraction of sp³-hybridized carbons (Fsp3) is 0.269. The Kier molecular flexibility index (Phi) is 5.72. The van der Waals surface area contributed by atoms with Crippen LogP contribution in [0.25, 0.3) is 0 Å². The Hall–Kier alpha value is -3.45. The van der Waals surface area contributed by atoms with Crippen LogP contribution in [0.4, 0.5) is 4.79 Å². The van der Waals surface area contributed by atoms with Gasteiger partial charge in [0.2, 0.25) is 5.91 Å². The van der Waals surface area contributed by atoms with Crippen molar-refractivity contribution in [1.29, 1.82) is 0 Å². The Balaban J connectivity index is 1.33. The molecule has 1 N–H and O–H groups in total. The van der Waals surface area contributed by atoms with Crippen LogP contribution >= 0.6 is 11.3 Å². The highest BCUT2D eigenvalue weighted by molar-refractivity contribution is 7.09. The summed E-state index contributed by atoms with van der Waals surface area (Å²) < 4.78 is 0. The molecule has 6 nitrogen and oxygen atoms in total. The number of hydrogen-bond donors (Lipinski definition) is 1. The van der Waals surface area contributed by atoms with E-state index < -0.39 is 11.6 Å². The van der Waals surface area contributed by atoms with E-state index in [1.54, 1.807) is 16.2 Å². The first-order valence-corrected chi connectivity index (χ1v) is 12.0. The van der Waals surface area contributed by atoms with Crippen molar-refractivity contribution in [1.82, 2.24) is 15.1 Å². The molecule has 3 aromatic rings. The maximum Gasteiger partial charge on any atom is 0.325 e. The Morgan fingerprint density at radius 1 is 1.03 bits per heavy atom. The maximum atomic E-state index is 13.4. The molecule has 33 heavy (non-hydrogen) atoms. The van der Waals surface area contributed by atoms with Gasteiger partial charge in [-0.25, -0.2) is 4.79 Å². The molecule has 1 spiro atoms. The number of hydrogen-bond acceptors (Lipinski definition) is 4. The first kappa shape index (κ1) is 21.4. The lowest BCUT2D eigenvalue weighted by molar-refractivity contribution is -0.139. The van der Waals surface area contributed by atoms with Crippen molar-refractivity contribution in [3.8, 4) is 0 Å². The Labute approximate surface area is 196 Å². The number of amides is 4. The second kappa shape index (κ2) is 8.83. The van der Waals surface area contributed by atoms with Crippen LogP contribution < -0.4 is 5.32 Å². The van der Waals surface area contributed by atoms with Crippen molar-refractivity contribution in [2.75, 3.05) is 13.1 Å². The van der Waals surface area contributed by atoms with E-state index in [0.717, 1.165) is 32.9 Å². The molecule has 0 unspecified atom stereocenters. The predicted octanol–water partition coefficient (Wildman–Crippen LogP) is 3.71. The van der Waals surface area contributed by atoms with E-state index in [1.165, 1.54) is 0 Å². The number of carbonyl (C=O) groups is 3. The summed E-state index contributed by atoms with van der Waals surface area (Å²) in [6, 6.07) is 21.2. The summed E-state index contributed by atoms with van der Waals surface area (Å²) in [6.45, 7) is 0.716. The molecule has 168 valence electrons. The minimum atomic E-state index is -1.05. The lowest BCUT2D eigenvalue weighted by atomic mass is 9.92. The summed E-state index contributed by atoms with van der Waals surface area (Å²) in [6.07, 6.45) is 1.95. The average molecular weight is 460 g/mol. The van der Waals surface area contributed by atoms with Crippen molar-refractivity contribution < 1.29 is 14.4 Å². The first-order chi connectivity index (χ1) is 16.1. The third-order valence-corrected chi connectivity index (χ3v) is 7.37. The zero-order chi connectivity index (χ0) is 22.8. The topological polar surface area (TPSA) is 69.7 Å². The van der Waals surface area contributed by atoms with Gasteiger partial charge in [0.1, 0.15) is 12.1 Å². The fourth-order valence-electron chi connectivity index (χ4n) is 4.76. The molecule has 0 saturated carbocycles. The van der Waals surface area contributed by atoms with Crippen molar-refractivity contribution in [3.63, 3.8) is 0 Å². The second-order valence-electron chi connectivity index (χ2n) is 8.51. The Morgan fingerprint density at radius 3 is 2.61 bits per heavy atom. The molecule has 1 aliphatic carbocycles. The van der Waals surface area contributed by atoms with Crippen LogP contribution in [0.3, 0.4) is 0 Å². The van der Waals surface area contributed by atoms with Gasteiger partial charge < -0.3 is 10.2 Å². The minimum absolute atomic E-state index is 0.230. The highest BCUT2D eigenvalue weighted by atomic mass is 32.1. The number of imide groups is 1. The second-order valence-corrected chi connectivity index (χ2v) is 9.55. The van der Waals surface area contributed by atoms with Crippen LogP contribution in [-0.2, 0) is 34.5 Å². The number of carbonyl (C=O) groups excluding carboxylic acids is 3. The van der Waals surface area contributed by atoms with E-state index >= 15 is 0 Å². The standard InChI is InChI=1S/C26H25N3O3S/c30-23(28(17-21-10-6-16-33-21)15-13-19-7-2-1-3-8-19)18-29-24(31)26(27-25(29)32)14-12-20-9-4-5-11-22(20)26/h1-11,16H,12-15,17-18H2,(H,27,32)/t26-/m0/s1. The van der Waals surface area contributed by atoms with Crippen LogP contribution in [0.2, 0.25) is 0 Å². The summed E-state index contributed by atoms with van der Waals surface area (Å²) >= 11 is 1.59. The molecule has 1 saturated heterocycles. The minimum Gasteiger partial charge on any atom is -0.336 e. The molecule has 0 bridgehead atoms. The number of urea groups is 1. The lowest BCUT2D eigenvalue weighted by Crippen LogP contribution is -2.45. The van der Waals surface area contributed by atoms with Gasteiger partial charge in [-0.05, 0) is 47.4 Å². The zero-order valence-corrected chi connectivity index (χ0v) is 19.0. The monoisotopic (exact) mass is 459 g/mol. The van der Waals surface area contributed by atoms with Crippen LogP contribution in [0.15, 0.2) is 72.1 Å². The van der Waals surface area contributed by atoms with Crippen LogP contribution in [0.1, 0.15) is 28.0 Å². The molecule has 0 radical (unpaired) electrons. The van der Waals surface area contributed by atoms with E-state index in [-0.39, 0.29) is 18.4 Å². The van der Waals surface area contributed by atoms with Crippen molar-refractivity contribution in [2.45, 2.75) is 31.3 Å². The molecule has 2 aromatic carbocycles. The van der Waals surface area contributed by atoms with Gasteiger partial charge in [-0.1, -0.05) is 60.7 Å². The average Bonchev–Trinajstić information content (AvgIpc) is 3.54. The third-order valence-electron chi connectivity index (χ3n) is 6.51. The van der Waals surface area contributed by atoms with E-state index in [1.807, 2.05) is 72.1 Å². The maximum absolute atomic E-state index is 13.4. The number of rotatable bonds is 7. The summed E-state index contributed by atoms with van der Waals surface area (Å²) in [4.78, 5) is 43.5. The summed E-state index contributed by atoms with van der Waals surface area (Å²) in [5.41, 5.74) is 2.01. The molecule has 1 fully saturated rings. The van der Waals surface area contributed by atoms with E-state index in [4.69, 9.17) is 0 Å². The van der Waals surface area contributed by atoms with Gasteiger partial charge in [0.05, 0.1) is 6.54 Å². The number of thiophene rings is 1. The zero-order valence-electron chi connectivity index (χ0n) is 18.2. The molecule has 1 atom stereocenters. The quantitative estimate of drug-likeness (QED) is 0.548. The highest BCUT2D eigenvalue weighted by Gasteiger charge is 2.55. The Morgan fingerprint density at radius 2 is 1.82 bits per heavy atom. The highest BCUT2D eigenvalue weighted by Crippen LogP contribution is 2.41. The lowest BCUT2D eigenvalue weighted by Gasteiger charge is -2.25. The number of fused-ring (bicyclic) bond motifs is 2. The van der Waals surface area contributed by atoms with Gasteiger partial charge in [0.25, 0.3) is 5.91 Å². The molecule has 2 aliphatic rings. The molecule has 4 amide bonds. The van der Waals surface area contributed by atoms with E-state index in [0.29, 0.717) is 25.9 Å². The van der Waals surface area contributed by atoms with Crippen molar-refractivity contribution in [3.05, 3.63) is 93.7 Å². The van der Waals surface area contributed by atoms with Crippen LogP contribution in [0, 0.1) is 0 Å². The normalized spacial score (nSPS) is 19.1. The Bertz CT molecular complexity index is 1180. The molecule has 5 rings (SSSR count). The van der Waals surface area contributed by atoms with Gasteiger partial charge >= 0.3 is 6.03 Å². The first-order valence-electron chi connectivity index (χ1n) is 11.1.